The molecule has 2 N–H and O–H groups in total. The number of nitrogens with two attached hydrogens (primary N) is 1. The first-order valence-corrected chi connectivity index (χ1v) is 3.57. The Morgan fingerprint density at radius 3 is 3.00 bits per heavy atom. The predicted octanol–water partition coefficient (Wildman–Crippen LogP) is 2.67. The quantitative estimate of drug-likeness (QED) is 0.613. The second-order valence-electron chi connectivity index (χ2n) is 2.34. The van der Waals surface area contributed by atoms with Crippen LogP contribution in [0.5, 0.6) is 0 Å². The van der Waals surface area contributed by atoms with Crippen molar-refractivity contribution in [2.45, 2.75) is 0 Å². The molecule has 1 aromatic carbocycles. The van der Waals surface area contributed by atoms with E-state index in [1.165, 1.54) is 6.26 Å². The van der Waals surface area contributed by atoms with Crippen LogP contribution in [0, 0.1) is 0 Å². The van der Waals surface area contributed by atoms with E-state index >= 15 is 0 Å². The summed E-state index contributed by atoms with van der Waals surface area (Å²) in [5, 5.41) is 1.53. The highest BCUT2D eigenvalue weighted by molar-refractivity contribution is 6.35. The van der Waals surface area contributed by atoms with Crippen LogP contribution < -0.4 is 5.73 Å². The number of anilines is 1. The molecule has 0 radical (unpaired) electrons. The summed E-state index contributed by atoms with van der Waals surface area (Å²) in [6, 6.07) is 5.39. The number of halogens is 1. The average Bonchev–Trinajstić information content (AvgIpc) is 2.32. The summed E-state index contributed by atoms with van der Waals surface area (Å²) >= 11 is 5.79. The van der Waals surface area contributed by atoms with Crippen molar-refractivity contribution >= 4 is 28.3 Å². The highest BCUT2D eigenvalue weighted by atomic mass is 35.5. The minimum atomic E-state index is 0.625. The number of furan rings is 1. The smallest absolute Gasteiger partial charge is 0.137 e. The fraction of sp³-hybridized carbons (Fsp3) is 0. The second-order valence-corrected chi connectivity index (χ2v) is 2.75. The van der Waals surface area contributed by atoms with Crippen molar-refractivity contribution in [1.29, 1.82) is 0 Å². The zero-order valence-corrected chi connectivity index (χ0v) is 6.43. The number of rotatable bonds is 0. The molecule has 0 bridgehead atoms. The SMILES string of the molecule is Nc1ccc2c(Cl)coc2c1. The Morgan fingerprint density at radius 2 is 2.18 bits per heavy atom. The van der Waals surface area contributed by atoms with E-state index in [4.69, 9.17) is 21.8 Å². The summed E-state index contributed by atoms with van der Waals surface area (Å²) in [6.45, 7) is 0. The zero-order chi connectivity index (χ0) is 7.84. The molecular weight excluding hydrogens is 162 g/mol. The molecule has 0 aliphatic carbocycles. The maximum atomic E-state index is 5.79. The molecule has 2 rings (SSSR count). The Hall–Kier alpha value is -1.15. The third kappa shape index (κ3) is 0.955. The fourth-order valence-electron chi connectivity index (χ4n) is 1.01. The highest BCUT2D eigenvalue weighted by Gasteiger charge is 2.01. The number of hydrogen-bond acceptors (Lipinski definition) is 2. The predicted molar refractivity (Wildman–Crippen MR) is 45.6 cm³/mol. The minimum Gasteiger partial charge on any atom is -0.463 e. The molecule has 0 aliphatic heterocycles. The van der Waals surface area contributed by atoms with Crippen LogP contribution in [0.15, 0.2) is 28.9 Å². The van der Waals surface area contributed by atoms with Crippen LogP contribution in [0.25, 0.3) is 11.0 Å². The Labute approximate surface area is 68.6 Å². The van der Waals surface area contributed by atoms with Crippen LogP contribution in [-0.4, -0.2) is 0 Å². The van der Waals surface area contributed by atoms with Gasteiger partial charge in [0.1, 0.15) is 11.8 Å². The van der Waals surface area contributed by atoms with Crippen molar-refractivity contribution < 1.29 is 4.42 Å². The molecule has 0 saturated heterocycles. The summed E-state index contributed by atoms with van der Waals surface area (Å²) in [5.74, 6) is 0. The van der Waals surface area contributed by atoms with E-state index in [1.54, 1.807) is 12.1 Å². The van der Waals surface area contributed by atoms with Gasteiger partial charge in [0.2, 0.25) is 0 Å². The van der Waals surface area contributed by atoms with Gasteiger partial charge in [0, 0.05) is 17.1 Å². The third-order valence-corrected chi connectivity index (χ3v) is 1.85. The largest absolute Gasteiger partial charge is 0.463 e. The third-order valence-electron chi connectivity index (χ3n) is 1.55. The molecule has 0 spiro atoms. The van der Waals surface area contributed by atoms with Crippen LogP contribution in [0.1, 0.15) is 0 Å². The van der Waals surface area contributed by atoms with E-state index in [0.29, 0.717) is 10.7 Å². The van der Waals surface area contributed by atoms with Gasteiger partial charge in [-0.2, -0.15) is 0 Å². The van der Waals surface area contributed by atoms with Crippen LogP contribution in [0.2, 0.25) is 5.02 Å². The molecule has 11 heavy (non-hydrogen) atoms. The molecule has 2 nitrogen and oxygen atoms in total. The molecule has 0 aliphatic rings. The van der Waals surface area contributed by atoms with Crippen LogP contribution >= 0.6 is 11.6 Å². The van der Waals surface area contributed by atoms with Crippen LogP contribution in [0.3, 0.4) is 0 Å². The molecule has 1 heterocycles. The van der Waals surface area contributed by atoms with Gasteiger partial charge >= 0.3 is 0 Å². The van der Waals surface area contributed by atoms with Gasteiger partial charge in [-0.25, -0.2) is 0 Å². The van der Waals surface area contributed by atoms with Gasteiger partial charge in [-0.05, 0) is 12.1 Å². The van der Waals surface area contributed by atoms with Gasteiger partial charge in [0.15, 0.2) is 0 Å². The molecule has 3 heteroatoms. The molecule has 56 valence electrons. The van der Waals surface area contributed by atoms with E-state index in [0.717, 1.165) is 11.0 Å². The lowest BCUT2D eigenvalue weighted by atomic mass is 10.2. The first-order chi connectivity index (χ1) is 5.27. The summed E-state index contributed by atoms with van der Waals surface area (Å²) < 4.78 is 5.12. The number of fused-ring (bicyclic) bond motifs is 1. The number of benzene rings is 1. The first kappa shape index (κ1) is 6.55. The lowest BCUT2D eigenvalue weighted by molar-refractivity contribution is 0.616. The standard InChI is InChI=1S/C8H6ClNO/c9-7-4-11-8-3-5(10)1-2-6(7)8/h1-4H,10H2. The van der Waals surface area contributed by atoms with Gasteiger partial charge in [-0.1, -0.05) is 11.6 Å². The van der Waals surface area contributed by atoms with Gasteiger partial charge in [-0.15, -0.1) is 0 Å². The number of nitrogen functional groups attached to an aromatic ring is 1. The molecule has 0 saturated carbocycles. The lowest BCUT2D eigenvalue weighted by Crippen LogP contribution is -1.81. The molecule has 0 fully saturated rings. The van der Waals surface area contributed by atoms with Crippen LogP contribution in [0.4, 0.5) is 5.69 Å². The Balaban J connectivity index is 2.86. The lowest BCUT2D eigenvalue weighted by Gasteiger charge is -1.90. The minimum absolute atomic E-state index is 0.625. The van der Waals surface area contributed by atoms with E-state index in [-0.39, 0.29) is 0 Å². The molecule has 0 atom stereocenters. The van der Waals surface area contributed by atoms with Gasteiger partial charge in [0.05, 0.1) is 5.02 Å². The normalized spacial score (nSPS) is 10.6. The van der Waals surface area contributed by atoms with Crippen molar-refractivity contribution in [2.75, 3.05) is 5.73 Å². The first-order valence-electron chi connectivity index (χ1n) is 3.19. The molecular formula is C8H6ClNO. The Kier molecular flexibility index (Phi) is 1.29. The maximum absolute atomic E-state index is 5.79. The molecule has 2 aromatic rings. The zero-order valence-electron chi connectivity index (χ0n) is 5.67. The van der Waals surface area contributed by atoms with Crippen molar-refractivity contribution in [3.63, 3.8) is 0 Å². The van der Waals surface area contributed by atoms with Crippen molar-refractivity contribution in [2.24, 2.45) is 0 Å². The fourth-order valence-corrected chi connectivity index (χ4v) is 1.21. The number of hydrogen-bond donors (Lipinski definition) is 1. The Morgan fingerprint density at radius 1 is 1.36 bits per heavy atom. The van der Waals surface area contributed by atoms with Crippen LogP contribution in [-0.2, 0) is 0 Å². The highest BCUT2D eigenvalue weighted by Crippen LogP contribution is 2.26. The van der Waals surface area contributed by atoms with Gasteiger partial charge in [-0.3, -0.25) is 0 Å². The average molecular weight is 168 g/mol. The topological polar surface area (TPSA) is 39.2 Å². The monoisotopic (exact) mass is 167 g/mol. The molecule has 0 amide bonds. The second kappa shape index (κ2) is 2.17. The van der Waals surface area contributed by atoms with Crippen molar-refractivity contribution in [3.8, 4) is 0 Å². The summed E-state index contributed by atoms with van der Waals surface area (Å²) in [7, 11) is 0. The molecule has 0 unspecified atom stereocenters. The van der Waals surface area contributed by atoms with E-state index < -0.39 is 0 Å². The maximum Gasteiger partial charge on any atom is 0.137 e. The van der Waals surface area contributed by atoms with E-state index in [2.05, 4.69) is 0 Å². The van der Waals surface area contributed by atoms with Crippen molar-refractivity contribution in [3.05, 3.63) is 29.5 Å². The van der Waals surface area contributed by atoms with E-state index in [1.807, 2.05) is 6.07 Å². The summed E-state index contributed by atoms with van der Waals surface area (Å²) in [4.78, 5) is 0. The van der Waals surface area contributed by atoms with Gasteiger partial charge in [0.25, 0.3) is 0 Å². The summed E-state index contributed by atoms with van der Waals surface area (Å²) in [5.41, 5.74) is 6.95. The van der Waals surface area contributed by atoms with E-state index in [9.17, 15) is 0 Å². The van der Waals surface area contributed by atoms with Gasteiger partial charge < -0.3 is 10.2 Å². The van der Waals surface area contributed by atoms with Crippen molar-refractivity contribution in [1.82, 2.24) is 0 Å². The Bertz CT molecular complexity index is 394. The molecule has 1 aromatic heterocycles. The summed E-state index contributed by atoms with van der Waals surface area (Å²) in [6.07, 6.45) is 1.51.